The monoisotopic (exact) mass is 498 g/mol. The first kappa shape index (κ1) is 23.7. The number of amides is 1. The van der Waals surface area contributed by atoms with E-state index >= 15 is 0 Å². The van der Waals surface area contributed by atoms with Crippen molar-refractivity contribution in [2.45, 2.75) is 17.7 Å². The van der Waals surface area contributed by atoms with Crippen LogP contribution in [0.25, 0.3) is 33.5 Å². The molecule has 5 aromatic rings. The second-order valence-corrected chi connectivity index (χ2v) is 8.88. The van der Waals surface area contributed by atoms with Crippen molar-refractivity contribution in [2.75, 3.05) is 6.54 Å². The van der Waals surface area contributed by atoms with Gasteiger partial charge in [-0.1, -0.05) is 12.1 Å². The Morgan fingerprint density at radius 1 is 0.972 bits per heavy atom. The molecule has 7 nitrogen and oxygen atoms in total. The summed E-state index contributed by atoms with van der Waals surface area (Å²) in [6.45, 7) is 0.529. The molecule has 5 rings (SSSR count). The maximum Gasteiger partial charge on any atom is 0.251 e. The Morgan fingerprint density at radius 3 is 2.56 bits per heavy atom. The lowest BCUT2D eigenvalue weighted by molar-refractivity contribution is 0.0953. The lowest BCUT2D eigenvalue weighted by atomic mass is 10.0. The smallest absolute Gasteiger partial charge is 0.251 e. The number of carbonyl (C=O) groups excluding carboxylic acids is 1. The molecule has 4 N–H and O–H groups in total. The molecule has 0 fully saturated rings. The summed E-state index contributed by atoms with van der Waals surface area (Å²) < 4.78 is 13.6. The zero-order chi connectivity index (χ0) is 24.9. The minimum Gasteiger partial charge on any atom is -0.352 e. The van der Waals surface area contributed by atoms with Crippen molar-refractivity contribution in [3.8, 4) is 22.5 Å². The molecule has 0 aliphatic heterocycles. The predicted molar refractivity (Wildman–Crippen MR) is 140 cm³/mol. The van der Waals surface area contributed by atoms with Crippen molar-refractivity contribution < 1.29 is 9.18 Å². The second kappa shape index (κ2) is 10.7. The first-order valence-corrected chi connectivity index (χ1v) is 12.3. The fourth-order valence-corrected chi connectivity index (χ4v) is 4.27. The average molecular weight is 499 g/mol. The molecule has 36 heavy (non-hydrogen) atoms. The Labute approximate surface area is 211 Å². The van der Waals surface area contributed by atoms with Gasteiger partial charge < -0.3 is 10.3 Å². The van der Waals surface area contributed by atoms with Crippen LogP contribution in [-0.2, 0) is 6.42 Å². The number of hydrogen-bond acceptors (Lipinski definition) is 6. The summed E-state index contributed by atoms with van der Waals surface area (Å²) in [5.41, 5.74) is 4.54. The molecule has 9 heteroatoms. The van der Waals surface area contributed by atoms with Crippen LogP contribution in [0.5, 0.6) is 0 Å². The number of hydrogen-bond donors (Lipinski definition) is 3. The van der Waals surface area contributed by atoms with Crippen LogP contribution in [0.1, 0.15) is 22.6 Å². The minimum atomic E-state index is -0.324. The fraction of sp³-hybridized carbons (Fsp3) is 0.111. The zero-order valence-corrected chi connectivity index (χ0v) is 20.1. The number of benzene rings is 3. The highest BCUT2D eigenvalue weighted by atomic mass is 32.2. The van der Waals surface area contributed by atoms with Gasteiger partial charge in [0.05, 0.1) is 22.4 Å². The number of carbonyl (C=O) groups is 1. The van der Waals surface area contributed by atoms with Gasteiger partial charge >= 0.3 is 0 Å². The third-order valence-electron chi connectivity index (χ3n) is 5.72. The van der Waals surface area contributed by atoms with Gasteiger partial charge in [-0.25, -0.2) is 19.3 Å². The summed E-state index contributed by atoms with van der Waals surface area (Å²) in [4.78, 5) is 30.6. The van der Waals surface area contributed by atoms with Crippen LogP contribution in [0.2, 0.25) is 0 Å². The summed E-state index contributed by atoms with van der Waals surface area (Å²) in [5.74, 6) is 0.394. The molecule has 0 saturated heterocycles. The highest BCUT2D eigenvalue weighted by Gasteiger charge is 2.15. The number of aromatic nitrogens is 4. The Morgan fingerprint density at radius 2 is 1.78 bits per heavy atom. The lowest BCUT2D eigenvalue weighted by Gasteiger charge is -2.12. The van der Waals surface area contributed by atoms with Crippen LogP contribution in [-0.4, -0.2) is 32.4 Å². The lowest BCUT2D eigenvalue weighted by Crippen LogP contribution is -2.24. The van der Waals surface area contributed by atoms with Crippen molar-refractivity contribution in [3.63, 3.8) is 0 Å². The molecule has 2 heterocycles. The number of rotatable bonds is 8. The second-order valence-electron chi connectivity index (χ2n) is 8.17. The van der Waals surface area contributed by atoms with Gasteiger partial charge in [-0.2, -0.15) is 0 Å². The number of nitrogens with zero attached hydrogens (tertiary/aromatic N) is 3. The molecule has 0 bridgehead atoms. The van der Waals surface area contributed by atoms with Crippen molar-refractivity contribution in [1.29, 1.82) is 0 Å². The van der Waals surface area contributed by atoms with Crippen LogP contribution in [0, 0.1) is 5.82 Å². The van der Waals surface area contributed by atoms with Gasteiger partial charge in [-0.05, 0) is 73.0 Å². The van der Waals surface area contributed by atoms with E-state index in [4.69, 9.17) is 15.1 Å². The van der Waals surface area contributed by atoms with E-state index in [-0.39, 0.29) is 11.7 Å². The zero-order valence-electron chi connectivity index (χ0n) is 19.2. The largest absolute Gasteiger partial charge is 0.352 e. The number of aromatic amines is 1. The van der Waals surface area contributed by atoms with Gasteiger partial charge in [-0.3, -0.25) is 9.93 Å². The van der Waals surface area contributed by atoms with Gasteiger partial charge in [0.15, 0.2) is 0 Å². The van der Waals surface area contributed by atoms with Gasteiger partial charge in [0, 0.05) is 46.9 Å². The maximum absolute atomic E-state index is 13.6. The van der Waals surface area contributed by atoms with Crippen LogP contribution in [0.4, 0.5) is 4.39 Å². The van der Waals surface area contributed by atoms with E-state index in [0.717, 1.165) is 46.6 Å². The first-order chi connectivity index (χ1) is 17.6. The fourth-order valence-electron chi connectivity index (χ4n) is 3.92. The van der Waals surface area contributed by atoms with Crippen LogP contribution >= 0.6 is 11.9 Å². The summed E-state index contributed by atoms with van der Waals surface area (Å²) >= 11 is 1.14. The number of imidazole rings is 1. The van der Waals surface area contributed by atoms with E-state index in [1.807, 2.05) is 24.3 Å². The number of fused-ring (bicyclic) bond motifs is 1. The third kappa shape index (κ3) is 5.27. The molecule has 0 unspecified atom stereocenters. The standard InChI is InChI=1S/C27H23FN6OS/c28-20-9-6-17(7-10-20)25-26(18-3-1-4-21(15-18)36-29)34-23-16-19(8-11-22(23)33-25)27(35)32-12-2-5-24-30-13-14-31-24/h1,3-4,6-11,13-16H,2,5,12,29H2,(H,30,31)(H,32,35). The predicted octanol–water partition coefficient (Wildman–Crippen LogP) is 5.15. The van der Waals surface area contributed by atoms with E-state index in [0.29, 0.717) is 34.5 Å². The van der Waals surface area contributed by atoms with Gasteiger partial charge in [0.25, 0.3) is 5.91 Å². The SMILES string of the molecule is NSc1cccc(-c2nc3cc(C(=O)NCCCc4ncc[nH]4)ccc3nc2-c2ccc(F)cc2)c1. The number of aryl methyl sites for hydroxylation is 1. The third-order valence-corrected chi connectivity index (χ3v) is 6.24. The number of H-pyrrole nitrogens is 1. The molecule has 3 aromatic carbocycles. The molecule has 1 amide bonds. The van der Waals surface area contributed by atoms with E-state index in [9.17, 15) is 9.18 Å². The van der Waals surface area contributed by atoms with Crippen molar-refractivity contribution in [3.05, 3.63) is 96.3 Å². The summed E-state index contributed by atoms with van der Waals surface area (Å²) in [7, 11) is 0. The Hall–Kier alpha value is -4.08. The van der Waals surface area contributed by atoms with E-state index in [2.05, 4.69) is 15.3 Å². The summed E-state index contributed by atoms with van der Waals surface area (Å²) in [6.07, 6.45) is 5.02. The molecule has 180 valence electrons. The Kier molecular flexibility index (Phi) is 7.01. The van der Waals surface area contributed by atoms with Gasteiger partial charge in [0.2, 0.25) is 0 Å². The molecule has 0 saturated carbocycles. The average Bonchev–Trinajstić information content (AvgIpc) is 3.44. The quantitative estimate of drug-likeness (QED) is 0.202. The number of halogens is 1. The highest BCUT2D eigenvalue weighted by molar-refractivity contribution is 7.97. The molecule has 0 atom stereocenters. The van der Waals surface area contributed by atoms with Crippen molar-refractivity contribution in [2.24, 2.45) is 5.14 Å². The van der Waals surface area contributed by atoms with E-state index in [1.165, 1.54) is 12.1 Å². The molecule has 0 spiro atoms. The summed E-state index contributed by atoms with van der Waals surface area (Å²) in [6, 6.07) is 19.1. The van der Waals surface area contributed by atoms with Crippen molar-refractivity contribution >= 4 is 28.9 Å². The van der Waals surface area contributed by atoms with Gasteiger partial charge in [0.1, 0.15) is 11.6 Å². The van der Waals surface area contributed by atoms with Gasteiger partial charge in [-0.15, -0.1) is 0 Å². The van der Waals surface area contributed by atoms with E-state index in [1.54, 1.807) is 42.7 Å². The highest BCUT2D eigenvalue weighted by Crippen LogP contribution is 2.32. The first-order valence-electron chi connectivity index (χ1n) is 11.4. The Bertz CT molecular complexity index is 1510. The number of nitrogens with two attached hydrogens (primary N) is 1. The molecular formula is C27H23FN6OS. The van der Waals surface area contributed by atoms with Crippen LogP contribution < -0.4 is 10.5 Å². The van der Waals surface area contributed by atoms with Crippen LogP contribution in [0.15, 0.2) is 84.0 Å². The van der Waals surface area contributed by atoms with Crippen molar-refractivity contribution in [1.82, 2.24) is 25.3 Å². The maximum atomic E-state index is 13.6. The molecule has 0 aliphatic carbocycles. The minimum absolute atomic E-state index is 0.177. The number of nitrogens with one attached hydrogen (secondary N) is 2. The summed E-state index contributed by atoms with van der Waals surface area (Å²) in [5, 5.41) is 8.72. The molecular weight excluding hydrogens is 475 g/mol. The molecule has 0 aliphatic rings. The van der Waals surface area contributed by atoms with Crippen LogP contribution in [0.3, 0.4) is 0 Å². The van der Waals surface area contributed by atoms with E-state index < -0.39 is 0 Å². The molecule has 2 aromatic heterocycles. The normalized spacial score (nSPS) is 11.1. The Balaban J connectivity index is 1.47. The topological polar surface area (TPSA) is 110 Å². The molecule has 0 radical (unpaired) electrons.